The molecule has 0 amide bonds. The molecule has 0 aromatic heterocycles. The molecule has 0 aromatic carbocycles. The molecule has 0 aliphatic carbocycles. The van der Waals surface area contributed by atoms with Gasteiger partial charge in [-0.15, -0.1) is 0 Å². The van der Waals surface area contributed by atoms with Crippen molar-refractivity contribution in [2.75, 3.05) is 6.61 Å². The minimum Gasteiger partial charge on any atom is -0.394 e. The van der Waals surface area contributed by atoms with Crippen molar-refractivity contribution in [2.24, 2.45) is 5.11 Å². The Hall–Kier alpha value is -0.890. The summed E-state index contributed by atoms with van der Waals surface area (Å²) in [5.41, 5.74) is 8.11. The molecule has 1 rings (SSSR count). The van der Waals surface area contributed by atoms with E-state index < -0.39 is 37.3 Å². The molecular formula is C6H11N3O5. The highest BCUT2D eigenvalue weighted by molar-refractivity contribution is 4.92. The number of ether oxygens (including phenoxy) is 1. The normalized spacial score (nSPS) is 43.0. The SMILES string of the molecule is [N-]=[N+]=NC1C(O)OC(CO)[C@H](O)[C@H]1O. The highest BCUT2D eigenvalue weighted by Crippen LogP contribution is 2.21. The zero-order valence-corrected chi connectivity index (χ0v) is 7.13. The van der Waals surface area contributed by atoms with Gasteiger partial charge in [-0.2, -0.15) is 0 Å². The quantitative estimate of drug-likeness (QED) is 0.237. The second kappa shape index (κ2) is 4.56. The van der Waals surface area contributed by atoms with Crippen molar-refractivity contribution >= 4 is 0 Å². The van der Waals surface area contributed by atoms with Gasteiger partial charge in [0.05, 0.1) is 12.7 Å². The Balaban J connectivity index is 2.78. The first kappa shape index (κ1) is 11.2. The Morgan fingerprint density at radius 3 is 2.43 bits per heavy atom. The van der Waals surface area contributed by atoms with Crippen LogP contribution in [0, 0.1) is 0 Å². The van der Waals surface area contributed by atoms with Crippen LogP contribution < -0.4 is 0 Å². The highest BCUT2D eigenvalue weighted by atomic mass is 16.6. The molecule has 8 heteroatoms. The minimum atomic E-state index is -1.53. The van der Waals surface area contributed by atoms with Crippen LogP contribution in [0.5, 0.6) is 0 Å². The van der Waals surface area contributed by atoms with Crippen LogP contribution in [0.1, 0.15) is 0 Å². The monoisotopic (exact) mass is 205 g/mol. The second-order valence-electron chi connectivity index (χ2n) is 2.92. The van der Waals surface area contributed by atoms with E-state index in [1.54, 1.807) is 0 Å². The molecule has 0 aromatic rings. The number of nitrogens with zero attached hydrogens (tertiary/aromatic N) is 3. The number of hydrogen-bond donors (Lipinski definition) is 4. The molecular weight excluding hydrogens is 194 g/mol. The number of aliphatic hydroxyl groups is 4. The Morgan fingerprint density at radius 1 is 1.29 bits per heavy atom. The average Bonchev–Trinajstić information content (AvgIpc) is 2.18. The lowest BCUT2D eigenvalue weighted by atomic mass is 9.98. The fourth-order valence-corrected chi connectivity index (χ4v) is 1.27. The molecule has 1 aliphatic rings. The fourth-order valence-electron chi connectivity index (χ4n) is 1.27. The van der Waals surface area contributed by atoms with Gasteiger partial charge < -0.3 is 25.2 Å². The number of hydrogen-bond acceptors (Lipinski definition) is 6. The lowest BCUT2D eigenvalue weighted by Crippen LogP contribution is -2.57. The van der Waals surface area contributed by atoms with Crippen LogP contribution in [-0.2, 0) is 4.74 Å². The van der Waals surface area contributed by atoms with E-state index >= 15 is 0 Å². The van der Waals surface area contributed by atoms with E-state index in [1.165, 1.54) is 0 Å². The van der Waals surface area contributed by atoms with E-state index in [0.29, 0.717) is 0 Å². The number of rotatable bonds is 2. The summed E-state index contributed by atoms with van der Waals surface area (Å²) in [6.45, 7) is -0.543. The van der Waals surface area contributed by atoms with Crippen LogP contribution in [0.15, 0.2) is 5.11 Å². The maximum Gasteiger partial charge on any atom is 0.166 e. The maximum atomic E-state index is 9.37. The van der Waals surface area contributed by atoms with Gasteiger partial charge in [0.2, 0.25) is 0 Å². The first-order valence-corrected chi connectivity index (χ1v) is 3.96. The summed E-state index contributed by atoms with van der Waals surface area (Å²) in [6, 6.07) is -1.27. The van der Waals surface area contributed by atoms with Crippen molar-refractivity contribution in [3.63, 3.8) is 0 Å². The third kappa shape index (κ3) is 1.95. The first-order valence-electron chi connectivity index (χ1n) is 3.96. The van der Waals surface area contributed by atoms with Crippen LogP contribution in [0.3, 0.4) is 0 Å². The zero-order chi connectivity index (χ0) is 10.7. The van der Waals surface area contributed by atoms with E-state index in [9.17, 15) is 15.3 Å². The van der Waals surface area contributed by atoms with E-state index in [0.717, 1.165) is 0 Å². The first-order chi connectivity index (χ1) is 6.61. The summed E-state index contributed by atoms with van der Waals surface area (Å²) in [4.78, 5) is 2.40. The van der Waals surface area contributed by atoms with Crippen LogP contribution in [0.4, 0.5) is 0 Å². The van der Waals surface area contributed by atoms with Gasteiger partial charge in [-0.1, -0.05) is 5.11 Å². The molecule has 0 bridgehead atoms. The fraction of sp³-hybridized carbons (Fsp3) is 1.00. The van der Waals surface area contributed by atoms with Crippen molar-refractivity contribution in [1.82, 2.24) is 0 Å². The average molecular weight is 205 g/mol. The molecule has 1 saturated heterocycles. The number of azide groups is 1. The molecule has 1 aliphatic heterocycles. The molecule has 4 N–H and O–H groups in total. The van der Waals surface area contributed by atoms with E-state index in [2.05, 4.69) is 10.0 Å². The van der Waals surface area contributed by atoms with Crippen molar-refractivity contribution in [1.29, 1.82) is 0 Å². The summed E-state index contributed by atoms with van der Waals surface area (Å²) in [7, 11) is 0. The predicted molar refractivity (Wildman–Crippen MR) is 42.9 cm³/mol. The summed E-state index contributed by atoms with van der Waals surface area (Å²) in [5.74, 6) is 0. The summed E-state index contributed by atoms with van der Waals surface area (Å²) in [6.07, 6.45) is -5.45. The Bertz CT molecular complexity index is 244. The zero-order valence-electron chi connectivity index (χ0n) is 7.13. The van der Waals surface area contributed by atoms with Gasteiger partial charge in [0.1, 0.15) is 18.2 Å². The topological polar surface area (TPSA) is 139 Å². The van der Waals surface area contributed by atoms with E-state index in [4.69, 9.17) is 15.4 Å². The Morgan fingerprint density at radius 2 is 1.93 bits per heavy atom. The van der Waals surface area contributed by atoms with Crippen LogP contribution in [-0.4, -0.2) is 57.7 Å². The molecule has 1 fully saturated rings. The third-order valence-electron chi connectivity index (χ3n) is 2.05. The molecule has 5 atom stereocenters. The van der Waals surface area contributed by atoms with Crippen LogP contribution in [0.25, 0.3) is 10.4 Å². The largest absolute Gasteiger partial charge is 0.394 e. The Kier molecular flexibility index (Phi) is 3.64. The lowest BCUT2D eigenvalue weighted by Gasteiger charge is -2.37. The summed E-state index contributed by atoms with van der Waals surface area (Å²) in [5, 5.41) is 39.7. The molecule has 8 nitrogen and oxygen atoms in total. The van der Waals surface area contributed by atoms with Gasteiger partial charge in [0, 0.05) is 4.91 Å². The van der Waals surface area contributed by atoms with Gasteiger partial charge in [0.25, 0.3) is 0 Å². The van der Waals surface area contributed by atoms with Crippen molar-refractivity contribution in [3.05, 3.63) is 10.4 Å². The van der Waals surface area contributed by atoms with E-state index in [1.807, 2.05) is 0 Å². The maximum absolute atomic E-state index is 9.37. The Labute approximate surface area is 79.0 Å². The van der Waals surface area contributed by atoms with Crippen LogP contribution in [0.2, 0.25) is 0 Å². The molecule has 3 unspecified atom stereocenters. The van der Waals surface area contributed by atoms with Gasteiger partial charge in [-0.25, -0.2) is 0 Å². The van der Waals surface area contributed by atoms with Crippen molar-refractivity contribution < 1.29 is 25.2 Å². The predicted octanol–water partition coefficient (Wildman–Crippen LogP) is -1.90. The van der Waals surface area contributed by atoms with Gasteiger partial charge in [-0.05, 0) is 5.53 Å². The molecule has 1 heterocycles. The molecule has 14 heavy (non-hydrogen) atoms. The second-order valence-corrected chi connectivity index (χ2v) is 2.92. The number of aliphatic hydroxyl groups excluding tert-OH is 4. The van der Waals surface area contributed by atoms with Crippen molar-refractivity contribution in [3.8, 4) is 0 Å². The minimum absolute atomic E-state index is 0.543. The summed E-state index contributed by atoms with van der Waals surface area (Å²) < 4.78 is 4.71. The molecule has 80 valence electrons. The van der Waals surface area contributed by atoms with Gasteiger partial charge in [-0.3, -0.25) is 0 Å². The third-order valence-corrected chi connectivity index (χ3v) is 2.05. The standard InChI is InChI=1S/C6H11N3O5/c7-9-8-3-5(12)4(11)2(1-10)14-6(3)13/h2-6,10-13H,1H2/t2?,3?,4-,5-,6?/m0/s1. The van der Waals surface area contributed by atoms with Crippen molar-refractivity contribution in [2.45, 2.75) is 30.6 Å². The van der Waals surface area contributed by atoms with Gasteiger partial charge in [0.15, 0.2) is 6.29 Å². The summed E-state index contributed by atoms with van der Waals surface area (Å²) >= 11 is 0. The lowest BCUT2D eigenvalue weighted by molar-refractivity contribution is -0.248. The van der Waals surface area contributed by atoms with E-state index in [-0.39, 0.29) is 0 Å². The molecule has 0 saturated carbocycles. The molecule has 0 radical (unpaired) electrons. The smallest absolute Gasteiger partial charge is 0.166 e. The molecule has 0 spiro atoms. The highest BCUT2D eigenvalue weighted by Gasteiger charge is 2.43. The van der Waals surface area contributed by atoms with Gasteiger partial charge >= 0.3 is 0 Å². The van der Waals surface area contributed by atoms with Crippen LogP contribution >= 0.6 is 0 Å².